The molecule has 3 rings (SSSR count). The summed E-state index contributed by atoms with van der Waals surface area (Å²) in [6.07, 6.45) is 9.88. The van der Waals surface area contributed by atoms with E-state index in [1.165, 1.54) is 56.1 Å². The first-order chi connectivity index (χ1) is 13.6. The third kappa shape index (κ3) is 6.31. The van der Waals surface area contributed by atoms with E-state index >= 15 is 0 Å². The first kappa shape index (κ1) is 21.3. The van der Waals surface area contributed by atoms with Gasteiger partial charge in [0.25, 0.3) is 0 Å². The van der Waals surface area contributed by atoms with Crippen molar-refractivity contribution in [1.29, 1.82) is 0 Å². The van der Waals surface area contributed by atoms with Crippen LogP contribution in [0, 0.1) is 11.8 Å². The number of rotatable bonds is 8. The average Bonchev–Trinajstić information content (AvgIpc) is 2.74. The first-order valence-corrected chi connectivity index (χ1v) is 11.4. The van der Waals surface area contributed by atoms with E-state index in [2.05, 4.69) is 53.8 Å². The second kappa shape index (κ2) is 11.0. The van der Waals surface area contributed by atoms with Gasteiger partial charge in [0.15, 0.2) is 0 Å². The maximum atomic E-state index is 12.5. The maximum absolute atomic E-state index is 12.5. The van der Waals surface area contributed by atoms with Gasteiger partial charge in [0.05, 0.1) is 0 Å². The van der Waals surface area contributed by atoms with Crippen LogP contribution < -0.4 is 10.6 Å². The van der Waals surface area contributed by atoms with Crippen molar-refractivity contribution in [3.8, 4) is 0 Å². The van der Waals surface area contributed by atoms with Gasteiger partial charge in [0, 0.05) is 25.6 Å². The summed E-state index contributed by atoms with van der Waals surface area (Å²) in [5.41, 5.74) is 2.60. The highest BCUT2D eigenvalue weighted by atomic mass is 16.1. The number of hydrogen-bond donors (Lipinski definition) is 2. The fraction of sp³-hybridized carbons (Fsp3) is 0.708. The van der Waals surface area contributed by atoms with Crippen LogP contribution in [0.2, 0.25) is 0 Å². The topological polar surface area (TPSA) is 44.4 Å². The van der Waals surface area contributed by atoms with Crippen molar-refractivity contribution in [3.05, 3.63) is 35.4 Å². The van der Waals surface area contributed by atoms with E-state index in [1.807, 2.05) is 0 Å². The predicted molar refractivity (Wildman–Crippen MR) is 116 cm³/mol. The van der Waals surface area contributed by atoms with Crippen LogP contribution in [-0.2, 0) is 17.9 Å². The van der Waals surface area contributed by atoms with Crippen LogP contribution >= 0.6 is 0 Å². The van der Waals surface area contributed by atoms with Crippen molar-refractivity contribution in [2.75, 3.05) is 20.1 Å². The van der Waals surface area contributed by atoms with Crippen molar-refractivity contribution >= 4 is 5.91 Å². The van der Waals surface area contributed by atoms with Gasteiger partial charge in [-0.15, -0.1) is 0 Å². The molecular weight excluding hydrogens is 346 g/mol. The summed E-state index contributed by atoms with van der Waals surface area (Å²) in [5.74, 6) is 1.27. The molecule has 1 aromatic rings. The highest BCUT2D eigenvalue weighted by molar-refractivity contribution is 5.76. The molecule has 28 heavy (non-hydrogen) atoms. The quantitative estimate of drug-likeness (QED) is 0.708. The number of hydrogen-bond acceptors (Lipinski definition) is 3. The molecule has 4 heteroatoms. The molecule has 156 valence electrons. The minimum atomic E-state index is 0.188. The normalized spacial score (nSPS) is 22.2. The third-order valence-electron chi connectivity index (χ3n) is 6.86. The van der Waals surface area contributed by atoms with E-state index in [0.717, 1.165) is 19.6 Å². The Morgan fingerprint density at radius 2 is 1.89 bits per heavy atom. The Kier molecular flexibility index (Phi) is 8.35. The number of nitrogens with zero attached hydrogens (tertiary/aromatic N) is 1. The molecule has 4 nitrogen and oxygen atoms in total. The molecule has 1 saturated carbocycles. The first-order valence-electron chi connectivity index (χ1n) is 11.4. The molecule has 1 aromatic carbocycles. The highest BCUT2D eigenvalue weighted by Crippen LogP contribution is 2.24. The molecule has 1 aliphatic carbocycles. The Morgan fingerprint density at radius 3 is 2.61 bits per heavy atom. The van der Waals surface area contributed by atoms with Gasteiger partial charge in [0.2, 0.25) is 5.91 Å². The predicted octanol–water partition coefficient (Wildman–Crippen LogP) is 4.09. The zero-order valence-electron chi connectivity index (χ0n) is 17.9. The molecule has 2 fully saturated rings. The van der Waals surface area contributed by atoms with Crippen LogP contribution in [0.15, 0.2) is 24.3 Å². The lowest BCUT2D eigenvalue weighted by Crippen LogP contribution is -2.35. The molecule has 0 radical (unpaired) electrons. The summed E-state index contributed by atoms with van der Waals surface area (Å²) >= 11 is 0. The summed E-state index contributed by atoms with van der Waals surface area (Å²) in [6, 6.07) is 9.30. The zero-order valence-corrected chi connectivity index (χ0v) is 17.9. The molecule has 0 bridgehead atoms. The van der Waals surface area contributed by atoms with Crippen LogP contribution in [0.3, 0.4) is 0 Å². The molecule has 0 aromatic heterocycles. The molecule has 2 unspecified atom stereocenters. The lowest BCUT2D eigenvalue weighted by Gasteiger charge is -2.31. The van der Waals surface area contributed by atoms with Gasteiger partial charge in [-0.3, -0.25) is 9.69 Å². The van der Waals surface area contributed by atoms with Crippen molar-refractivity contribution in [1.82, 2.24) is 15.5 Å². The maximum Gasteiger partial charge on any atom is 0.220 e. The fourth-order valence-electron chi connectivity index (χ4n) is 4.89. The van der Waals surface area contributed by atoms with Crippen molar-refractivity contribution in [2.24, 2.45) is 11.8 Å². The average molecular weight is 386 g/mol. The van der Waals surface area contributed by atoms with E-state index in [9.17, 15) is 4.79 Å². The van der Waals surface area contributed by atoms with Gasteiger partial charge < -0.3 is 10.6 Å². The molecule has 2 atom stereocenters. The largest absolute Gasteiger partial charge is 0.352 e. The van der Waals surface area contributed by atoms with Crippen molar-refractivity contribution in [2.45, 2.75) is 77.4 Å². The van der Waals surface area contributed by atoms with Gasteiger partial charge in [-0.25, -0.2) is 0 Å². The summed E-state index contributed by atoms with van der Waals surface area (Å²) < 4.78 is 0. The summed E-state index contributed by atoms with van der Waals surface area (Å²) in [4.78, 5) is 15.0. The van der Waals surface area contributed by atoms with Gasteiger partial charge in [-0.2, -0.15) is 0 Å². The van der Waals surface area contributed by atoms with Crippen LogP contribution in [0.25, 0.3) is 0 Å². The lowest BCUT2D eigenvalue weighted by atomic mass is 9.85. The van der Waals surface area contributed by atoms with E-state index in [1.54, 1.807) is 0 Å². The Labute approximate surface area is 171 Å². The lowest BCUT2D eigenvalue weighted by molar-refractivity contribution is -0.122. The molecule has 1 saturated heterocycles. The smallest absolute Gasteiger partial charge is 0.220 e. The van der Waals surface area contributed by atoms with Gasteiger partial charge >= 0.3 is 0 Å². The van der Waals surface area contributed by atoms with Gasteiger partial charge in [0.1, 0.15) is 0 Å². The number of amides is 1. The number of nitrogens with one attached hydrogen (secondary N) is 2. The van der Waals surface area contributed by atoms with E-state index < -0.39 is 0 Å². The number of carbonyl (C=O) groups excluding carboxylic acids is 1. The van der Waals surface area contributed by atoms with E-state index in [0.29, 0.717) is 30.8 Å². The minimum Gasteiger partial charge on any atom is -0.352 e. The standard InChI is InChI=1S/C24H39N3O/c1-19(20-11-8-14-25-16-20)15-24(28)26-17-21-9-6-7-10-22(21)18-27(2)23-12-4-3-5-13-23/h6-7,9-10,19-20,23,25H,3-5,8,11-18H2,1-2H3,(H,26,28). The fourth-order valence-corrected chi connectivity index (χ4v) is 4.89. The van der Waals surface area contributed by atoms with Crippen molar-refractivity contribution < 1.29 is 4.79 Å². The summed E-state index contributed by atoms with van der Waals surface area (Å²) in [6.45, 7) is 6.03. The molecule has 2 N–H and O–H groups in total. The number of piperidine rings is 1. The van der Waals surface area contributed by atoms with Crippen LogP contribution in [0.5, 0.6) is 0 Å². The van der Waals surface area contributed by atoms with Crippen LogP contribution in [-0.4, -0.2) is 37.0 Å². The molecule has 1 heterocycles. The Hall–Kier alpha value is -1.39. The Bertz CT molecular complexity index is 606. The number of carbonyl (C=O) groups is 1. The molecular formula is C24H39N3O. The van der Waals surface area contributed by atoms with Gasteiger partial charge in [-0.05, 0) is 68.8 Å². The Morgan fingerprint density at radius 1 is 1.14 bits per heavy atom. The molecule has 0 spiro atoms. The van der Waals surface area contributed by atoms with E-state index in [-0.39, 0.29) is 5.91 Å². The third-order valence-corrected chi connectivity index (χ3v) is 6.86. The molecule has 2 aliphatic rings. The molecule has 1 aliphatic heterocycles. The van der Waals surface area contributed by atoms with Crippen molar-refractivity contribution in [3.63, 3.8) is 0 Å². The summed E-state index contributed by atoms with van der Waals surface area (Å²) in [5, 5.41) is 6.65. The SMILES string of the molecule is CC(CC(=O)NCc1ccccc1CN(C)C1CCCCC1)C1CCCNC1. The van der Waals surface area contributed by atoms with Crippen LogP contribution in [0.1, 0.15) is 69.4 Å². The van der Waals surface area contributed by atoms with Gasteiger partial charge in [-0.1, -0.05) is 50.5 Å². The molecule has 1 amide bonds. The minimum absolute atomic E-state index is 0.188. The van der Waals surface area contributed by atoms with E-state index in [4.69, 9.17) is 0 Å². The van der Waals surface area contributed by atoms with Crippen LogP contribution in [0.4, 0.5) is 0 Å². The highest BCUT2D eigenvalue weighted by Gasteiger charge is 2.22. The second-order valence-electron chi connectivity index (χ2n) is 9.04. The number of benzene rings is 1. The Balaban J connectivity index is 1.49. The summed E-state index contributed by atoms with van der Waals surface area (Å²) in [7, 11) is 2.26. The zero-order chi connectivity index (χ0) is 19.8. The second-order valence-corrected chi connectivity index (χ2v) is 9.04. The monoisotopic (exact) mass is 385 g/mol.